The Morgan fingerprint density at radius 1 is 0.947 bits per heavy atom. The molecule has 0 atom stereocenters. The minimum Gasteiger partial charge on any atom is -0.318 e. The van der Waals surface area contributed by atoms with Crippen molar-refractivity contribution in [1.29, 1.82) is 0 Å². The molecule has 0 N–H and O–H groups in total. The van der Waals surface area contributed by atoms with Crippen LogP contribution in [0.15, 0.2) is 70.0 Å². The Kier molecular flexibility index (Phi) is 3.20. The zero-order valence-electron chi connectivity index (χ0n) is 10.4. The van der Waals surface area contributed by atoms with Crippen LogP contribution in [-0.4, -0.2) is 4.57 Å². The molecule has 3 aromatic rings. The fourth-order valence-corrected chi connectivity index (χ4v) is 2.75. The molecule has 0 aliphatic carbocycles. The van der Waals surface area contributed by atoms with Gasteiger partial charge in [-0.3, -0.25) is 0 Å². The van der Waals surface area contributed by atoms with Crippen molar-refractivity contribution < 1.29 is 0 Å². The van der Waals surface area contributed by atoms with Crippen molar-refractivity contribution in [2.45, 2.75) is 0 Å². The first-order chi connectivity index (χ1) is 9.34. The van der Waals surface area contributed by atoms with Gasteiger partial charge < -0.3 is 4.57 Å². The topological polar surface area (TPSA) is 42.0 Å². The molecular formula is C14H12N4S. The molecule has 0 spiro atoms. The molecule has 1 heterocycles. The molecule has 0 bridgehead atoms. The summed E-state index contributed by atoms with van der Waals surface area (Å²) in [7, 11) is 1.98. The van der Waals surface area contributed by atoms with Crippen molar-refractivity contribution in [3.05, 3.63) is 59.4 Å². The average Bonchev–Trinajstić information content (AvgIpc) is 2.78. The Bertz CT molecular complexity index is 784. The van der Waals surface area contributed by atoms with Gasteiger partial charge in [-0.05, 0) is 29.5 Å². The van der Waals surface area contributed by atoms with Gasteiger partial charge in [-0.15, -0.1) is 10.2 Å². The van der Waals surface area contributed by atoms with Crippen molar-refractivity contribution in [3.8, 4) is 0 Å². The van der Waals surface area contributed by atoms with Crippen molar-refractivity contribution in [1.82, 2.24) is 4.57 Å². The number of nitrogens with zero attached hydrogens (tertiary/aromatic N) is 4. The van der Waals surface area contributed by atoms with Crippen LogP contribution in [0.5, 0.6) is 0 Å². The summed E-state index contributed by atoms with van der Waals surface area (Å²) in [6.07, 6.45) is 0. The summed E-state index contributed by atoms with van der Waals surface area (Å²) in [6, 6.07) is 17.8. The summed E-state index contributed by atoms with van der Waals surface area (Å²) in [6.45, 7) is 0. The highest BCUT2D eigenvalue weighted by Crippen LogP contribution is 2.15. The number of hydrogen-bond acceptors (Lipinski definition) is 3. The van der Waals surface area contributed by atoms with Crippen LogP contribution in [0.4, 0.5) is 5.69 Å². The molecule has 1 aromatic heterocycles. The van der Waals surface area contributed by atoms with Gasteiger partial charge in [0.25, 0.3) is 0 Å². The minimum absolute atomic E-state index is 0.801. The first-order valence-electron chi connectivity index (χ1n) is 5.89. The Morgan fingerprint density at radius 2 is 1.68 bits per heavy atom. The van der Waals surface area contributed by atoms with Gasteiger partial charge in [-0.1, -0.05) is 41.7 Å². The Labute approximate surface area is 114 Å². The van der Waals surface area contributed by atoms with E-state index in [4.69, 9.17) is 0 Å². The fourth-order valence-electron chi connectivity index (χ4n) is 1.78. The van der Waals surface area contributed by atoms with Crippen molar-refractivity contribution in [3.63, 3.8) is 0 Å². The van der Waals surface area contributed by atoms with E-state index in [1.807, 2.05) is 54.1 Å². The molecule has 0 unspecified atom stereocenters. The quantitative estimate of drug-likeness (QED) is 0.500. The number of para-hydroxylation sites is 1. The SMILES string of the molecule is Cn1/c(=N/N=Nc2ccccc2)sc2ccccc21. The van der Waals surface area contributed by atoms with Gasteiger partial charge in [0.05, 0.1) is 15.9 Å². The van der Waals surface area contributed by atoms with Crippen LogP contribution in [0.3, 0.4) is 0 Å². The molecule has 0 aliphatic heterocycles. The fraction of sp³-hybridized carbons (Fsp3) is 0.0714. The Morgan fingerprint density at radius 3 is 2.47 bits per heavy atom. The first kappa shape index (κ1) is 11.8. The van der Waals surface area contributed by atoms with E-state index in [2.05, 4.69) is 27.6 Å². The summed E-state index contributed by atoms with van der Waals surface area (Å²) in [5.74, 6) is 0. The zero-order chi connectivity index (χ0) is 13.1. The maximum atomic E-state index is 4.18. The molecule has 2 aromatic carbocycles. The monoisotopic (exact) mass is 268 g/mol. The lowest BCUT2D eigenvalue weighted by Gasteiger charge is -1.92. The van der Waals surface area contributed by atoms with Gasteiger partial charge in [-0.2, -0.15) is 0 Å². The molecule has 3 rings (SSSR count). The van der Waals surface area contributed by atoms with E-state index in [0.29, 0.717) is 0 Å². The van der Waals surface area contributed by atoms with E-state index in [-0.39, 0.29) is 0 Å². The largest absolute Gasteiger partial charge is 0.318 e. The highest BCUT2D eigenvalue weighted by atomic mass is 32.1. The molecule has 5 heteroatoms. The Balaban J connectivity index is 1.98. The highest BCUT2D eigenvalue weighted by Gasteiger charge is 2.00. The van der Waals surface area contributed by atoms with Crippen LogP contribution in [0.1, 0.15) is 0 Å². The third kappa shape index (κ3) is 2.46. The van der Waals surface area contributed by atoms with Crippen LogP contribution >= 0.6 is 11.3 Å². The molecule has 4 nitrogen and oxygen atoms in total. The highest BCUT2D eigenvalue weighted by molar-refractivity contribution is 7.16. The van der Waals surface area contributed by atoms with E-state index in [1.54, 1.807) is 11.3 Å². The van der Waals surface area contributed by atoms with E-state index in [0.717, 1.165) is 16.0 Å². The van der Waals surface area contributed by atoms with Crippen molar-refractivity contribution >= 4 is 27.2 Å². The van der Waals surface area contributed by atoms with Crippen LogP contribution < -0.4 is 4.80 Å². The number of aromatic nitrogens is 1. The number of thiazole rings is 1. The van der Waals surface area contributed by atoms with Gasteiger partial charge in [0.15, 0.2) is 0 Å². The first-order valence-corrected chi connectivity index (χ1v) is 6.70. The van der Waals surface area contributed by atoms with Crippen LogP contribution in [0.2, 0.25) is 0 Å². The molecule has 0 saturated heterocycles. The molecular weight excluding hydrogens is 256 g/mol. The normalized spacial score (nSPS) is 12.6. The van der Waals surface area contributed by atoms with E-state index >= 15 is 0 Å². The van der Waals surface area contributed by atoms with Crippen LogP contribution in [0, 0.1) is 0 Å². The summed E-state index contributed by atoms with van der Waals surface area (Å²) >= 11 is 1.60. The molecule has 19 heavy (non-hydrogen) atoms. The van der Waals surface area contributed by atoms with Crippen LogP contribution in [-0.2, 0) is 7.05 Å². The van der Waals surface area contributed by atoms with Crippen LogP contribution in [0.25, 0.3) is 10.2 Å². The van der Waals surface area contributed by atoms with Gasteiger partial charge in [0.2, 0.25) is 4.80 Å². The van der Waals surface area contributed by atoms with Gasteiger partial charge in [-0.25, -0.2) is 0 Å². The number of rotatable bonds is 2. The number of hydrogen-bond donors (Lipinski definition) is 0. The molecule has 94 valence electrons. The predicted molar refractivity (Wildman–Crippen MR) is 77.3 cm³/mol. The average molecular weight is 268 g/mol. The lowest BCUT2D eigenvalue weighted by atomic mass is 10.3. The Hall–Kier alpha value is -2.27. The van der Waals surface area contributed by atoms with Gasteiger partial charge in [0.1, 0.15) is 0 Å². The van der Waals surface area contributed by atoms with Crippen molar-refractivity contribution in [2.75, 3.05) is 0 Å². The number of aryl methyl sites for hydroxylation is 1. The van der Waals surface area contributed by atoms with E-state index in [9.17, 15) is 0 Å². The maximum Gasteiger partial charge on any atom is 0.213 e. The van der Waals surface area contributed by atoms with Crippen molar-refractivity contribution in [2.24, 2.45) is 22.5 Å². The second-order valence-corrected chi connectivity index (χ2v) is 5.05. The summed E-state index contributed by atoms with van der Waals surface area (Å²) < 4.78 is 3.21. The second-order valence-electron chi connectivity index (χ2n) is 4.04. The molecule has 0 amide bonds. The van der Waals surface area contributed by atoms with Gasteiger partial charge >= 0.3 is 0 Å². The summed E-state index contributed by atoms with van der Waals surface area (Å²) in [4.78, 5) is 0.834. The predicted octanol–water partition coefficient (Wildman–Crippen LogP) is 3.84. The van der Waals surface area contributed by atoms with E-state index < -0.39 is 0 Å². The molecule has 0 saturated carbocycles. The lowest BCUT2D eigenvalue weighted by molar-refractivity contribution is 0.868. The third-order valence-corrected chi connectivity index (χ3v) is 3.86. The lowest BCUT2D eigenvalue weighted by Crippen LogP contribution is -2.08. The van der Waals surface area contributed by atoms with E-state index in [1.165, 1.54) is 4.70 Å². The summed E-state index contributed by atoms with van der Waals surface area (Å²) in [5.41, 5.74) is 1.95. The van der Waals surface area contributed by atoms with Gasteiger partial charge in [0, 0.05) is 7.05 Å². The smallest absolute Gasteiger partial charge is 0.213 e. The molecule has 0 radical (unpaired) electrons. The maximum absolute atomic E-state index is 4.18. The standard InChI is InChI=1S/C14H12N4S/c1-18-12-9-5-6-10-13(12)19-14(18)16-17-15-11-7-3-2-4-8-11/h2-10H,1H3/b16-14-,17-15?. The third-order valence-electron chi connectivity index (χ3n) is 2.76. The summed E-state index contributed by atoms with van der Waals surface area (Å²) in [5, 5.41) is 12.2. The number of benzene rings is 2. The minimum atomic E-state index is 0.801. The number of fused-ring (bicyclic) bond motifs is 1. The second kappa shape index (κ2) is 5.16. The zero-order valence-corrected chi connectivity index (χ0v) is 11.2. The molecule has 0 fully saturated rings. The molecule has 0 aliphatic rings.